The van der Waals surface area contributed by atoms with Crippen LogP contribution < -0.4 is 15.2 Å². The van der Waals surface area contributed by atoms with Crippen molar-refractivity contribution in [3.05, 3.63) is 53.3 Å². The molecule has 0 aliphatic carbocycles. The highest BCUT2D eigenvalue weighted by Crippen LogP contribution is 2.29. The van der Waals surface area contributed by atoms with Gasteiger partial charge in [-0.3, -0.25) is 4.98 Å². The van der Waals surface area contributed by atoms with Crippen molar-refractivity contribution in [3.8, 4) is 11.5 Å². The summed E-state index contributed by atoms with van der Waals surface area (Å²) in [6.07, 6.45) is 1.77. The van der Waals surface area contributed by atoms with Crippen LogP contribution in [0.2, 0.25) is 0 Å². The average Bonchev–Trinajstić information content (AvgIpc) is 2.47. The highest BCUT2D eigenvalue weighted by atomic mass is 16.5. The Hall–Kier alpha value is -2.07. The van der Waals surface area contributed by atoms with Gasteiger partial charge in [0.05, 0.1) is 12.3 Å². The number of hydrogen-bond acceptors (Lipinski definition) is 4. The van der Waals surface area contributed by atoms with E-state index in [2.05, 4.69) is 4.98 Å². The molecule has 0 atom stereocenters. The average molecular weight is 272 g/mol. The highest BCUT2D eigenvalue weighted by Gasteiger charge is 2.07. The lowest BCUT2D eigenvalue weighted by Gasteiger charge is -2.13. The molecule has 106 valence electrons. The van der Waals surface area contributed by atoms with E-state index in [1.807, 2.05) is 44.2 Å². The lowest BCUT2D eigenvalue weighted by Crippen LogP contribution is -2.04. The van der Waals surface area contributed by atoms with Crippen molar-refractivity contribution in [1.29, 1.82) is 0 Å². The number of aromatic nitrogens is 1. The Morgan fingerprint density at radius 2 is 2.00 bits per heavy atom. The van der Waals surface area contributed by atoms with E-state index in [1.165, 1.54) is 0 Å². The Morgan fingerprint density at radius 1 is 1.15 bits per heavy atom. The Kier molecular flexibility index (Phi) is 4.96. The van der Waals surface area contributed by atoms with Crippen LogP contribution in [-0.2, 0) is 13.2 Å². The molecule has 0 amide bonds. The first kappa shape index (κ1) is 14.3. The van der Waals surface area contributed by atoms with Gasteiger partial charge < -0.3 is 15.2 Å². The number of nitrogens with zero attached hydrogens (tertiary/aromatic N) is 1. The molecule has 0 unspecified atom stereocenters. The second kappa shape index (κ2) is 6.91. The van der Waals surface area contributed by atoms with Crippen LogP contribution in [0.15, 0.2) is 36.5 Å². The normalized spacial score (nSPS) is 10.3. The Bertz CT molecular complexity index is 570. The van der Waals surface area contributed by atoms with Crippen LogP contribution in [0.4, 0.5) is 0 Å². The smallest absolute Gasteiger partial charge is 0.161 e. The number of ether oxygens (including phenoxy) is 2. The minimum absolute atomic E-state index is 0.425. The summed E-state index contributed by atoms with van der Waals surface area (Å²) in [7, 11) is 0. The fourth-order valence-corrected chi connectivity index (χ4v) is 1.88. The first-order valence-corrected chi connectivity index (χ1v) is 6.73. The van der Waals surface area contributed by atoms with Crippen molar-refractivity contribution >= 4 is 0 Å². The topological polar surface area (TPSA) is 57.4 Å². The first-order chi connectivity index (χ1) is 9.74. The molecule has 1 aromatic heterocycles. The molecule has 4 nitrogen and oxygen atoms in total. The molecule has 1 heterocycles. The Morgan fingerprint density at radius 3 is 2.70 bits per heavy atom. The van der Waals surface area contributed by atoms with Crippen molar-refractivity contribution in [1.82, 2.24) is 4.98 Å². The van der Waals surface area contributed by atoms with Crippen LogP contribution in [0, 0.1) is 6.92 Å². The van der Waals surface area contributed by atoms with Crippen molar-refractivity contribution in [2.45, 2.75) is 27.0 Å². The van der Waals surface area contributed by atoms with Crippen LogP contribution >= 0.6 is 0 Å². The Labute approximate surface area is 119 Å². The molecule has 0 aliphatic heterocycles. The Balaban J connectivity index is 2.14. The lowest BCUT2D eigenvalue weighted by molar-refractivity contribution is 0.265. The summed E-state index contributed by atoms with van der Waals surface area (Å²) in [5, 5.41) is 0. The third-order valence-corrected chi connectivity index (χ3v) is 3.03. The standard InChI is InChI=1S/C16H20N2O2/c1-3-19-16-9-13(10-17)6-7-15(16)20-11-14-12(2)5-4-8-18-14/h4-9H,3,10-11,17H2,1-2H3. The zero-order valence-electron chi connectivity index (χ0n) is 11.9. The highest BCUT2D eigenvalue weighted by molar-refractivity contribution is 5.43. The molecule has 0 saturated carbocycles. The summed E-state index contributed by atoms with van der Waals surface area (Å²) in [6, 6.07) is 9.70. The van der Waals surface area contributed by atoms with Gasteiger partial charge in [-0.1, -0.05) is 12.1 Å². The number of benzene rings is 1. The molecule has 0 fully saturated rings. The molecular weight excluding hydrogens is 252 g/mol. The summed E-state index contributed by atoms with van der Waals surface area (Å²) >= 11 is 0. The molecule has 2 rings (SSSR count). The van der Waals surface area contributed by atoms with Gasteiger partial charge in [0.1, 0.15) is 6.61 Å². The van der Waals surface area contributed by atoms with Gasteiger partial charge in [-0.15, -0.1) is 0 Å². The van der Waals surface area contributed by atoms with E-state index in [1.54, 1.807) is 6.20 Å². The van der Waals surface area contributed by atoms with Gasteiger partial charge in [0, 0.05) is 12.7 Å². The number of rotatable bonds is 6. The van der Waals surface area contributed by atoms with Crippen LogP contribution in [-0.4, -0.2) is 11.6 Å². The maximum absolute atomic E-state index is 5.83. The van der Waals surface area contributed by atoms with E-state index < -0.39 is 0 Å². The predicted molar refractivity (Wildman–Crippen MR) is 78.8 cm³/mol. The van der Waals surface area contributed by atoms with Crippen molar-refractivity contribution in [2.75, 3.05) is 6.61 Å². The molecule has 4 heteroatoms. The fourth-order valence-electron chi connectivity index (χ4n) is 1.88. The van der Waals surface area contributed by atoms with Gasteiger partial charge in [0.25, 0.3) is 0 Å². The molecule has 0 spiro atoms. The minimum atomic E-state index is 0.425. The van der Waals surface area contributed by atoms with Gasteiger partial charge in [0.2, 0.25) is 0 Å². The van der Waals surface area contributed by atoms with Gasteiger partial charge in [-0.25, -0.2) is 0 Å². The largest absolute Gasteiger partial charge is 0.490 e. The molecule has 0 radical (unpaired) electrons. The third kappa shape index (κ3) is 3.48. The van der Waals surface area contributed by atoms with E-state index in [9.17, 15) is 0 Å². The zero-order valence-corrected chi connectivity index (χ0v) is 11.9. The minimum Gasteiger partial charge on any atom is -0.490 e. The van der Waals surface area contributed by atoms with Gasteiger partial charge in [-0.05, 0) is 43.2 Å². The van der Waals surface area contributed by atoms with Crippen molar-refractivity contribution < 1.29 is 9.47 Å². The number of nitrogens with two attached hydrogens (primary N) is 1. The van der Waals surface area contributed by atoms with E-state index in [4.69, 9.17) is 15.2 Å². The van der Waals surface area contributed by atoms with Gasteiger partial charge in [-0.2, -0.15) is 0 Å². The molecule has 0 saturated heterocycles. The predicted octanol–water partition coefficient (Wildman–Crippen LogP) is 2.83. The van der Waals surface area contributed by atoms with Crippen LogP contribution in [0.25, 0.3) is 0 Å². The molecular formula is C16H20N2O2. The summed E-state index contributed by atoms with van der Waals surface area (Å²) in [4.78, 5) is 4.32. The van der Waals surface area contributed by atoms with Crippen molar-refractivity contribution in [3.63, 3.8) is 0 Å². The maximum Gasteiger partial charge on any atom is 0.161 e. The monoisotopic (exact) mass is 272 g/mol. The van der Waals surface area contributed by atoms with Crippen LogP contribution in [0.5, 0.6) is 11.5 Å². The van der Waals surface area contributed by atoms with E-state index in [0.29, 0.717) is 25.5 Å². The summed E-state index contributed by atoms with van der Waals surface area (Å²) in [6.45, 7) is 5.47. The number of hydrogen-bond donors (Lipinski definition) is 1. The first-order valence-electron chi connectivity index (χ1n) is 6.73. The second-order valence-corrected chi connectivity index (χ2v) is 4.47. The van der Waals surface area contributed by atoms with Crippen LogP contribution in [0.3, 0.4) is 0 Å². The third-order valence-electron chi connectivity index (χ3n) is 3.03. The quantitative estimate of drug-likeness (QED) is 0.878. The van der Waals surface area contributed by atoms with E-state index in [-0.39, 0.29) is 0 Å². The van der Waals surface area contributed by atoms with Crippen molar-refractivity contribution in [2.24, 2.45) is 5.73 Å². The molecule has 2 aromatic rings. The summed E-state index contributed by atoms with van der Waals surface area (Å²) in [5.41, 5.74) is 8.71. The van der Waals surface area contributed by atoms with E-state index in [0.717, 1.165) is 22.6 Å². The summed E-state index contributed by atoms with van der Waals surface area (Å²) in [5.74, 6) is 1.44. The zero-order chi connectivity index (χ0) is 14.4. The maximum atomic E-state index is 5.83. The second-order valence-electron chi connectivity index (χ2n) is 4.47. The molecule has 20 heavy (non-hydrogen) atoms. The SMILES string of the molecule is CCOc1cc(CN)ccc1OCc1ncccc1C. The molecule has 0 bridgehead atoms. The fraction of sp³-hybridized carbons (Fsp3) is 0.312. The van der Waals surface area contributed by atoms with Gasteiger partial charge >= 0.3 is 0 Å². The van der Waals surface area contributed by atoms with Gasteiger partial charge in [0.15, 0.2) is 11.5 Å². The molecule has 2 N–H and O–H groups in total. The number of aryl methyl sites for hydroxylation is 1. The lowest BCUT2D eigenvalue weighted by atomic mass is 10.2. The van der Waals surface area contributed by atoms with Crippen LogP contribution in [0.1, 0.15) is 23.7 Å². The summed E-state index contributed by atoms with van der Waals surface area (Å²) < 4.78 is 11.4. The number of pyridine rings is 1. The molecule has 1 aromatic carbocycles. The molecule has 0 aliphatic rings. The van der Waals surface area contributed by atoms with E-state index >= 15 is 0 Å².